The molecule has 2 amide bonds. The molecule has 1 aromatic carbocycles. The molecule has 1 aliphatic carbocycles. The molecule has 0 bridgehead atoms. The number of nitrogens with zero attached hydrogens (tertiary/aromatic N) is 1. The van der Waals surface area contributed by atoms with Crippen molar-refractivity contribution < 1.29 is 19.1 Å². The van der Waals surface area contributed by atoms with Gasteiger partial charge in [-0.25, -0.2) is 4.79 Å². The van der Waals surface area contributed by atoms with Gasteiger partial charge < -0.3 is 20.1 Å². The van der Waals surface area contributed by atoms with E-state index in [0.29, 0.717) is 5.92 Å². The molecular formula is C29H46N2O4. The van der Waals surface area contributed by atoms with Crippen LogP contribution in [0.1, 0.15) is 91.0 Å². The lowest BCUT2D eigenvalue weighted by atomic mass is 9.61. The summed E-state index contributed by atoms with van der Waals surface area (Å²) in [5, 5.41) is 0. The Hall–Kier alpha value is -2.24. The monoisotopic (exact) mass is 486 g/mol. The molecule has 6 heteroatoms. The first-order valence-corrected chi connectivity index (χ1v) is 13.5. The summed E-state index contributed by atoms with van der Waals surface area (Å²) in [7, 11) is 1.62. The molecule has 0 spiro atoms. The van der Waals surface area contributed by atoms with Gasteiger partial charge in [-0.15, -0.1) is 0 Å². The van der Waals surface area contributed by atoms with Gasteiger partial charge in [0.1, 0.15) is 5.75 Å². The predicted molar refractivity (Wildman–Crippen MR) is 139 cm³/mol. The van der Waals surface area contributed by atoms with Crippen molar-refractivity contribution in [2.24, 2.45) is 22.5 Å². The maximum atomic E-state index is 14.2. The van der Waals surface area contributed by atoms with Gasteiger partial charge in [-0.3, -0.25) is 4.79 Å². The molecule has 0 radical (unpaired) electrons. The van der Waals surface area contributed by atoms with Crippen molar-refractivity contribution in [1.82, 2.24) is 4.90 Å². The SMILES string of the molecule is CCCCCC1(C2CCCCC2)CN(C(=O)[C@](Cc2ccc(OC)cc2)(OC(N)=O)C(C)(C)C)C1. The molecule has 1 saturated carbocycles. The van der Waals surface area contributed by atoms with Crippen molar-refractivity contribution in [1.29, 1.82) is 0 Å². The van der Waals surface area contributed by atoms with E-state index in [1.165, 1.54) is 57.8 Å². The van der Waals surface area contributed by atoms with Gasteiger partial charge in [0.15, 0.2) is 0 Å². The van der Waals surface area contributed by atoms with Crippen molar-refractivity contribution in [3.05, 3.63) is 29.8 Å². The fraction of sp³-hybridized carbons (Fsp3) is 0.724. The highest BCUT2D eigenvalue weighted by atomic mass is 16.6. The summed E-state index contributed by atoms with van der Waals surface area (Å²) in [6.07, 6.45) is 10.6. The summed E-state index contributed by atoms with van der Waals surface area (Å²) >= 11 is 0. The maximum Gasteiger partial charge on any atom is 0.405 e. The Kier molecular flexibility index (Phi) is 8.76. The van der Waals surface area contributed by atoms with E-state index in [2.05, 4.69) is 6.92 Å². The van der Waals surface area contributed by atoms with E-state index < -0.39 is 17.1 Å². The second-order valence-corrected chi connectivity index (χ2v) is 11.8. The lowest BCUT2D eigenvalue weighted by molar-refractivity contribution is -0.181. The highest BCUT2D eigenvalue weighted by molar-refractivity contribution is 5.89. The minimum absolute atomic E-state index is 0.124. The number of likely N-dealkylation sites (tertiary alicyclic amines) is 1. The fourth-order valence-electron chi connectivity index (χ4n) is 6.27. The van der Waals surface area contributed by atoms with Crippen LogP contribution < -0.4 is 10.5 Å². The molecule has 3 rings (SSSR count). The standard InChI is InChI=1S/C29H46N2O4/c1-6-7-11-18-28(23-12-9-8-10-13-23)20-31(21-28)25(32)29(27(2,3)4,35-26(30)33)19-22-14-16-24(34-5)17-15-22/h14-17,23H,6-13,18-21H2,1-5H3,(H2,30,33)/t29-/m0/s1. The minimum atomic E-state index is -1.38. The molecular weight excluding hydrogens is 440 g/mol. The molecule has 2 fully saturated rings. The molecule has 6 nitrogen and oxygen atoms in total. The number of ether oxygens (including phenoxy) is 2. The average molecular weight is 487 g/mol. The van der Waals surface area contributed by atoms with Gasteiger partial charge in [-0.2, -0.15) is 0 Å². The summed E-state index contributed by atoms with van der Waals surface area (Å²) in [4.78, 5) is 28.3. The zero-order valence-corrected chi connectivity index (χ0v) is 22.5. The molecule has 1 aliphatic heterocycles. The van der Waals surface area contributed by atoms with Gasteiger partial charge in [0, 0.05) is 30.3 Å². The number of hydrogen-bond donors (Lipinski definition) is 1. The Labute approximate surface area is 211 Å². The van der Waals surface area contributed by atoms with Crippen LogP contribution in [0.5, 0.6) is 5.75 Å². The van der Waals surface area contributed by atoms with E-state index in [1.54, 1.807) is 7.11 Å². The third-order valence-corrected chi connectivity index (χ3v) is 8.49. The molecule has 0 unspecified atom stereocenters. The van der Waals surface area contributed by atoms with Crippen LogP contribution in [0.2, 0.25) is 0 Å². The third kappa shape index (κ3) is 5.95. The summed E-state index contributed by atoms with van der Waals surface area (Å²) in [6.45, 7) is 9.60. The van der Waals surface area contributed by atoms with Crippen molar-refractivity contribution in [2.45, 2.75) is 97.5 Å². The van der Waals surface area contributed by atoms with Gasteiger partial charge >= 0.3 is 6.09 Å². The van der Waals surface area contributed by atoms with Crippen LogP contribution in [0.3, 0.4) is 0 Å². The quantitative estimate of drug-likeness (QED) is 0.405. The first-order chi connectivity index (χ1) is 16.6. The molecule has 1 saturated heterocycles. The number of rotatable bonds is 10. The number of hydrogen-bond acceptors (Lipinski definition) is 4. The fourth-order valence-corrected chi connectivity index (χ4v) is 6.27. The Balaban J connectivity index is 1.88. The molecule has 35 heavy (non-hydrogen) atoms. The topological polar surface area (TPSA) is 81.9 Å². The first kappa shape index (κ1) is 27.3. The van der Waals surface area contributed by atoms with E-state index in [-0.39, 0.29) is 17.7 Å². The predicted octanol–water partition coefficient (Wildman–Crippen LogP) is 6.11. The van der Waals surface area contributed by atoms with E-state index in [0.717, 1.165) is 24.4 Å². The Bertz CT molecular complexity index is 848. The number of nitrogens with two attached hydrogens (primary N) is 1. The van der Waals surface area contributed by atoms with Crippen molar-refractivity contribution >= 4 is 12.0 Å². The summed E-state index contributed by atoms with van der Waals surface area (Å²) in [6, 6.07) is 7.57. The summed E-state index contributed by atoms with van der Waals surface area (Å²) in [5.41, 5.74) is 4.64. The Morgan fingerprint density at radius 2 is 1.69 bits per heavy atom. The second kappa shape index (κ2) is 11.2. The van der Waals surface area contributed by atoms with Crippen molar-refractivity contribution in [2.75, 3.05) is 20.2 Å². The van der Waals surface area contributed by atoms with Crippen LogP contribution in [-0.2, 0) is 16.0 Å². The molecule has 1 atom stereocenters. The van der Waals surface area contributed by atoms with E-state index in [4.69, 9.17) is 15.2 Å². The van der Waals surface area contributed by atoms with E-state index >= 15 is 0 Å². The zero-order chi connectivity index (χ0) is 25.7. The number of carbonyl (C=O) groups excluding carboxylic acids is 2. The molecule has 1 aromatic rings. The van der Waals surface area contributed by atoms with Crippen LogP contribution >= 0.6 is 0 Å². The molecule has 0 aromatic heterocycles. The average Bonchev–Trinajstić information content (AvgIpc) is 2.80. The summed E-state index contributed by atoms with van der Waals surface area (Å²) < 4.78 is 11.1. The minimum Gasteiger partial charge on any atom is -0.497 e. The van der Waals surface area contributed by atoms with Gasteiger partial charge in [0.2, 0.25) is 5.60 Å². The van der Waals surface area contributed by atoms with E-state index in [9.17, 15) is 9.59 Å². The van der Waals surface area contributed by atoms with Gasteiger partial charge in [-0.05, 0) is 42.9 Å². The number of amides is 2. The normalized spacial score (nSPS) is 20.0. The van der Waals surface area contributed by atoms with Gasteiger partial charge in [0.25, 0.3) is 5.91 Å². The van der Waals surface area contributed by atoms with Gasteiger partial charge in [-0.1, -0.05) is 78.4 Å². The lowest BCUT2D eigenvalue weighted by Crippen LogP contribution is -2.69. The highest BCUT2D eigenvalue weighted by Crippen LogP contribution is 2.50. The smallest absolute Gasteiger partial charge is 0.405 e. The van der Waals surface area contributed by atoms with Crippen molar-refractivity contribution in [3.63, 3.8) is 0 Å². The second-order valence-electron chi connectivity index (χ2n) is 11.8. The third-order valence-electron chi connectivity index (χ3n) is 8.49. The summed E-state index contributed by atoms with van der Waals surface area (Å²) in [5.74, 6) is 1.30. The number of methoxy groups -OCH3 is 1. The largest absolute Gasteiger partial charge is 0.497 e. The number of unbranched alkanes of at least 4 members (excludes halogenated alkanes) is 2. The first-order valence-electron chi connectivity index (χ1n) is 13.5. The van der Waals surface area contributed by atoms with Crippen LogP contribution in [0, 0.1) is 16.7 Å². The highest BCUT2D eigenvalue weighted by Gasteiger charge is 2.59. The van der Waals surface area contributed by atoms with Crippen LogP contribution in [-0.4, -0.2) is 42.7 Å². The lowest BCUT2D eigenvalue weighted by Gasteiger charge is -2.58. The molecule has 2 N–H and O–H groups in total. The number of benzene rings is 1. The Morgan fingerprint density at radius 1 is 1.06 bits per heavy atom. The molecule has 1 heterocycles. The number of carbonyl (C=O) groups is 2. The Morgan fingerprint density at radius 3 is 2.20 bits per heavy atom. The van der Waals surface area contributed by atoms with Crippen LogP contribution in [0.15, 0.2) is 24.3 Å². The molecule has 2 aliphatic rings. The van der Waals surface area contributed by atoms with Crippen molar-refractivity contribution in [3.8, 4) is 5.75 Å². The number of primary amides is 1. The maximum absolute atomic E-state index is 14.2. The molecule has 196 valence electrons. The zero-order valence-electron chi connectivity index (χ0n) is 22.5. The van der Waals surface area contributed by atoms with Crippen LogP contribution in [0.25, 0.3) is 0 Å². The van der Waals surface area contributed by atoms with Gasteiger partial charge in [0.05, 0.1) is 7.11 Å². The van der Waals surface area contributed by atoms with E-state index in [1.807, 2.05) is 49.9 Å². The van der Waals surface area contributed by atoms with Crippen LogP contribution in [0.4, 0.5) is 4.79 Å².